The van der Waals surface area contributed by atoms with E-state index in [1.54, 1.807) is 4.90 Å². The van der Waals surface area contributed by atoms with Gasteiger partial charge in [0.05, 0.1) is 0 Å². The molecule has 2 heterocycles. The van der Waals surface area contributed by atoms with Crippen molar-refractivity contribution in [3.63, 3.8) is 0 Å². The maximum atomic E-state index is 13.0. The lowest BCUT2D eigenvalue weighted by Crippen LogP contribution is -2.52. The third-order valence-electron chi connectivity index (χ3n) is 9.00. The van der Waals surface area contributed by atoms with Crippen LogP contribution in [0.15, 0.2) is 23.1 Å². The lowest BCUT2D eigenvalue weighted by molar-refractivity contribution is -0.136. The van der Waals surface area contributed by atoms with Crippen molar-refractivity contribution in [2.75, 3.05) is 18.8 Å². The molecule has 0 aromatic heterocycles. The van der Waals surface area contributed by atoms with Crippen LogP contribution in [0.5, 0.6) is 0 Å². The number of hydrogen-bond acceptors (Lipinski definition) is 5. The van der Waals surface area contributed by atoms with E-state index in [1.807, 2.05) is 23.9 Å². The fraction of sp³-hybridized carbons (Fsp3) is 0.700. The number of amides is 3. The number of imide groups is 1. The van der Waals surface area contributed by atoms with Crippen LogP contribution in [-0.4, -0.2) is 47.5 Å². The minimum Gasteiger partial charge on any atom is -0.322 e. The number of nitrogens with one attached hydrogen (secondary N) is 2. The van der Waals surface area contributed by atoms with Crippen LogP contribution in [0.1, 0.15) is 99.4 Å². The summed E-state index contributed by atoms with van der Waals surface area (Å²) in [4.78, 5) is 39.6. The highest BCUT2D eigenvalue weighted by molar-refractivity contribution is 7.99. The van der Waals surface area contributed by atoms with Crippen LogP contribution in [0.3, 0.4) is 0 Å². The van der Waals surface area contributed by atoms with E-state index in [0.717, 1.165) is 40.5 Å². The molecule has 0 spiro atoms. The molecule has 2 aliphatic carbocycles. The van der Waals surface area contributed by atoms with Crippen molar-refractivity contribution >= 4 is 29.5 Å². The Morgan fingerprint density at radius 3 is 2.57 bits per heavy atom. The van der Waals surface area contributed by atoms with Gasteiger partial charge in [-0.1, -0.05) is 38.2 Å². The van der Waals surface area contributed by atoms with E-state index < -0.39 is 6.04 Å². The molecule has 202 valence electrons. The monoisotopic (exact) mass is 525 g/mol. The van der Waals surface area contributed by atoms with Crippen LogP contribution in [0.4, 0.5) is 0 Å². The Kier molecular flexibility index (Phi) is 9.24. The molecule has 3 amide bonds. The first kappa shape index (κ1) is 26.7. The summed E-state index contributed by atoms with van der Waals surface area (Å²) in [5, 5.41) is 6.07. The molecule has 1 aromatic carbocycles. The van der Waals surface area contributed by atoms with Gasteiger partial charge in [-0.25, -0.2) is 0 Å². The second-order valence-corrected chi connectivity index (χ2v) is 12.9. The normalized spacial score (nSPS) is 27.4. The highest BCUT2D eigenvalue weighted by atomic mass is 32.2. The number of piperidine rings is 1. The molecule has 37 heavy (non-hydrogen) atoms. The van der Waals surface area contributed by atoms with E-state index in [9.17, 15) is 14.4 Å². The van der Waals surface area contributed by atoms with Crippen molar-refractivity contribution in [3.05, 3.63) is 29.3 Å². The van der Waals surface area contributed by atoms with Crippen molar-refractivity contribution < 1.29 is 14.4 Å². The summed E-state index contributed by atoms with van der Waals surface area (Å²) in [6.45, 7) is 2.78. The van der Waals surface area contributed by atoms with E-state index in [2.05, 4.69) is 16.7 Å². The molecule has 2 N–H and O–H groups in total. The molecule has 4 aliphatic rings. The second kappa shape index (κ2) is 12.8. The van der Waals surface area contributed by atoms with Gasteiger partial charge in [0, 0.05) is 23.4 Å². The molecule has 1 saturated heterocycles. The van der Waals surface area contributed by atoms with Crippen LogP contribution >= 0.6 is 11.8 Å². The SMILES string of the molecule is O=C1CCC(N2Cc3c(SCCCCCCNCCC4CC5CCCC(C5)C4)cccc3C2=O)C(=O)N1. The molecule has 3 fully saturated rings. The zero-order valence-corrected chi connectivity index (χ0v) is 23.0. The van der Waals surface area contributed by atoms with Crippen molar-refractivity contribution in [1.82, 2.24) is 15.5 Å². The van der Waals surface area contributed by atoms with Crippen LogP contribution in [-0.2, 0) is 16.1 Å². The Balaban J connectivity index is 0.954. The number of carbonyl (C=O) groups is 3. The molecule has 2 aliphatic heterocycles. The number of nitrogens with zero attached hydrogens (tertiary/aromatic N) is 1. The number of thioether (sulfide) groups is 1. The molecule has 3 unspecified atom stereocenters. The Hall–Kier alpha value is -1.86. The molecule has 6 nitrogen and oxygen atoms in total. The minimum absolute atomic E-state index is 0.0919. The van der Waals surface area contributed by atoms with Gasteiger partial charge >= 0.3 is 0 Å². The van der Waals surface area contributed by atoms with Gasteiger partial charge in [-0.15, -0.1) is 11.8 Å². The fourth-order valence-electron chi connectivity index (χ4n) is 7.12. The molecule has 2 bridgehead atoms. The van der Waals surface area contributed by atoms with Crippen molar-refractivity contribution in [2.24, 2.45) is 17.8 Å². The second-order valence-electron chi connectivity index (χ2n) is 11.7. The summed E-state index contributed by atoms with van der Waals surface area (Å²) in [7, 11) is 0. The summed E-state index contributed by atoms with van der Waals surface area (Å²) >= 11 is 1.82. The van der Waals surface area contributed by atoms with Crippen molar-refractivity contribution in [2.45, 2.75) is 101 Å². The first-order valence-electron chi connectivity index (χ1n) is 14.7. The van der Waals surface area contributed by atoms with E-state index >= 15 is 0 Å². The largest absolute Gasteiger partial charge is 0.322 e. The fourth-order valence-corrected chi connectivity index (χ4v) is 8.21. The van der Waals surface area contributed by atoms with Crippen LogP contribution < -0.4 is 10.6 Å². The van der Waals surface area contributed by atoms with E-state index in [4.69, 9.17) is 0 Å². The maximum absolute atomic E-state index is 13.0. The Labute approximate surface area is 226 Å². The van der Waals surface area contributed by atoms with Gasteiger partial charge in [-0.2, -0.15) is 0 Å². The standard InChI is InChI=1S/C30H43N3O3S/c34-28-12-11-26(29(35)32-28)33-20-25-24(30(33)36)9-6-10-27(25)37-16-4-2-1-3-14-31-15-13-23-18-21-7-5-8-22(17-21)19-23/h6,9-10,21-23,26,31H,1-5,7-8,11-20H2,(H,32,34,35). The number of rotatable bonds is 12. The predicted molar refractivity (Wildman–Crippen MR) is 147 cm³/mol. The smallest absolute Gasteiger partial charge is 0.255 e. The van der Waals surface area contributed by atoms with Gasteiger partial charge in [0.1, 0.15) is 6.04 Å². The lowest BCUT2D eigenvalue weighted by Gasteiger charge is -2.39. The first-order valence-corrected chi connectivity index (χ1v) is 15.7. The quantitative estimate of drug-likeness (QED) is 0.220. The molecular formula is C30H43N3O3S. The van der Waals surface area contributed by atoms with Crippen molar-refractivity contribution in [3.8, 4) is 0 Å². The van der Waals surface area contributed by atoms with Gasteiger partial charge in [-0.3, -0.25) is 19.7 Å². The van der Waals surface area contributed by atoms with E-state index in [-0.39, 0.29) is 24.1 Å². The molecule has 2 saturated carbocycles. The summed E-state index contributed by atoms with van der Waals surface area (Å²) in [6.07, 6.45) is 15.9. The van der Waals surface area contributed by atoms with Crippen LogP contribution in [0.25, 0.3) is 0 Å². The number of unbranched alkanes of at least 4 members (excludes halogenated alkanes) is 3. The van der Waals surface area contributed by atoms with Crippen molar-refractivity contribution in [1.29, 1.82) is 0 Å². The Morgan fingerprint density at radius 2 is 1.76 bits per heavy atom. The summed E-state index contributed by atoms with van der Waals surface area (Å²) in [6, 6.07) is 5.35. The third kappa shape index (κ3) is 6.78. The Morgan fingerprint density at radius 1 is 0.946 bits per heavy atom. The van der Waals surface area contributed by atoms with E-state index in [0.29, 0.717) is 18.5 Å². The highest BCUT2D eigenvalue weighted by Crippen LogP contribution is 2.43. The topological polar surface area (TPSA) is 78.5 Å². The third-order valence-corrected chi connectivity index (χ3v) is 10.2. The summed E-state index contributed by atoms with van der Waals surface area (Å²) in [5.41, 5.74) is 1.74. The zero-order chi connectivity index (χ0) is 25.6. The van der Waals surface area contributed by atoms with E-state index in [1.165, 1.54) is 77.2 Å². The molecule has 7 heteroatoms. The van der Waals surface area contributed by atoms with Crippen LogP contribution in [0, 0.1) is 17.8 Å². The average Bonchev–Trinajstić information content (AvgIpc) is 3.22. The predicted octanol–water partition coefficient (Wildman–Crippen LogP) is 5.30. The zero-order valence-electron chi connectivity index (χ0n) is 22.1. The maximum Gasteiger partial charge on any atom is 0.255 e. The van der Waals surface area contributed by atoms with Gasteiger partial charge in [-0.05, 0) is 99.2 Å². The molecule has 3 atom stereocenters. The molecule has 5 rings (SSSR count). The minimum atomic E-state index is -0.550. The number of hydrogen-bond donors (Lipinski definition) is 2. The number of fused-ring (bicyclic) bond motifs is 3. The lowest BCUT2D eigenvalue weighted by atomic mass is 9.67. The number of carbonyl (C=O) groups excluding carboxylic acids is 3. The van der Waals surface area contributed by atoms with Crippen LogP contribution in [0.2, 0.25) is 0 Å². The Bertz CT molecular complexity index is 971. The first-order chi connectivity index (χ1) is 18.1. The van der Waals surface area contributed by atoms with Gasteiger partial charge in [0.2, 0.25) is 11.8 Å². The van der Waals surface area contributed by atoms with Gasteiger partial charge < -0.3 is 10.2 Å². The molecular weight excluding hydrogens is 482 g/mol. The summed E-state index contributed by atoms with van der Waals surface area (Å²) in [5.74, 6) is 3.40. The summed E-state index contributed by atoms with van der Waals surface area (Å²) < 4.78 is 0. The number of benzene rings is 1. The van der Waals surface area contributed by atoms with Gasteiger partial charge in [0.15, 0.2) is 0 Å². The molecule has 0 radical (unpaired) electrons. The highest BCUT2D eigenvalue weighted by Gasteiger charge is 2.39. The van der Waals surface area contributed by atoms with Gasteiger partial charge in [0.25, 0.3) is 5.91 Å². The molecule has 1 aromatic rings. The average molecular weight is 526 g/mol.